The molecule has 3 heteroatoms. The fourth-order valence-electron chi connectivity index (χ4n) is 2.94. The van der Waals surface area contributed by atoms with E-state index in [9.17, 15) is 0 Å². The maximum absolute atomic E-state index is 8.62. The molecule has 0 bridgehead atoms. The average molecular weight is 352 g/mol. The number of benzene rings is 2. The monoisotopic (exact) mass is 351 g/mol. The van der Waals surface area contributed by atoms with Crippen LogP contribution in [0.1, 0.15) is 48.2 Å². The number of likely N-dealkylation sites (tertiary alicyclic amines) is 1. The number of hydrogen-bond acceptors (Lipinski definition) is 2. The first-order valence-corrected chi connectivity index (χ1v) is 8.43. The highest BCUT2D eigenvalue weighted by molar-refractivity contribution is 6.30. The van der Waals surface area contributed by atoms with Crippen molar-refractivity contribution in [1.82, 2.24) is 4.90 Å². The van der Waals surface area contributed by atoms with Gasteiger partial charge in [-0.1, -0.05) is 54.1 Å². The van der Waals surface area contributed by atoms with E-state index in [-0.39, 0.29) is 17.5 Å². The van der Waals surface area contributed by atoms with Crippen LogP contribution in [0.25, 0.3) is 0 Å². The predicted molar refractivity (Wildman–Crippen MR) is 101 cm³/mol. The van der Waals surface area contributed by atoms with Gasteiger partial charge in [-0.3, -0.25) is 0 Å². The first-order valence-electron chi connectivity index (χ1n) is 12.0. The summed E-state index contributed by atoms with van der Waals surface area (Å²) in [6.07, 6.45) is 0.845. The summed E-state index contributed by atoms with van der Waals surface area (Å²) in [7, 11) is 0. The fourth-order valence-corrected chi connectivity index (χ4v) is 3.06. The zero-order valence-corrected chi connectivity index (χ0v) is 14.1. The molecule has 2 aromatic rings. The molecule has 1 heterocycles. The third-order valence-corrected chi connectivity index (χ3v) is 4.60. The molecule has 0 aromatic heterocycles. The summed E-state index contributed by atoms with van der Waals surface area (Å²) in [5.41, 5.74) is -1.62. The Labute approximate surface area is 161 Å². The van der Waals surface area contributed by atoms with Crippen LogP contribution in [0.2, 0.25) is 5.02 Å². The summed E-state index contributed by atoms with van der Waals surface area (Å²) in [5, 5.41) is 0.406. The van der Waals surface area contributed by atoms with Crippen LogP contribution in [0.5, 0.6) is 0 Å². The van der Waals surface area contributed by atoms with Gasteiger partial charge >= 0.3 is 0 Å². The third kappa shape index (κ3) is 3.83. The minimum Gasteiger partial charge on any atom is -0.366 e. The Bertz CT molecular complexity index is 901. The molecule has 2 atom stereocenters. The normalized spacial score (nSPS) is 27.5. The third-order valence-electron chi connectivity index (χ3n) is 4.35. The molecule has 2 nitrogen and oxygen atoms in total. The second-order valence-corrected chi connectivity index (χ2v) is 6.43. The van der Waals surface area contributed by atoms with Crippen LogP contribution in [0, 0.1) is 0 Å². The van der Waals surface area contributed by atoms with Crippen molar-refractivity contribution in [3.05, 3.63) is 70.7 Å². The zero-order valence-electron chi connectivity index (χ0n) is 21.3. The highest BCUT2D eigenvalue weighted by atomic mass is 35.5. The standard InChI is InChI=1S/C21H26ClNO/c1-21(17-7-4-3-5-8-17,18-10-12-19(22)13-11-18)24-16-14-20-9-6-15-23(20)2/h3-5,7-8,10-13,20H,6,9,14-16H2,1-2H3/t20-,21+/m1/s1/i1D3,2D3,16D2. The Hall–Kier alpha value is -1.35. The van der Waals surface area contributed by atoms with E-state index >= 15 is 0 Å². The highest BCUT2D eigenvalue weighted by Gasteiger charge is 2.30. The fraction of sp³-hybridized carbons (Fsp3) is 0.429. The second kappa shape index (κ2) is 7.69. The lowest BCUT2D eigenvalue weighted by atomic mass is 9.88. The zero-order chi connectivity index (χ0) is 23.8. The first-order chi connectivity index (χ1) is 14.8. The Balaban J connectivity index is 2.06. The van der Waals surface area contributed by atoms with Gasteiger partial charge in [0.1, 0.15) is 5.60 Å². The van der Waals surface area contributed by atoms with Crippen molar-refractivity contribution in [2.24, 2.45) is 0 Å². The van der Waals surface area contributed by atoms with Gasteiger partial charge in [0.15, 0.2) is 0 Å². The van der Waals surface area contributed by atoms with Crippen LogP contribution in [0.3, 0.4) is 0 Å². The Morgan fingerprint density at radius 3 is 2.67 bits per heavy atom. The summed E-state index contributed by atoms with van der Waals surface area (Å²) in [6.45, 7) is -7.23. The molecule has 1 saturated heterocycles. The smallest absolute Gasteiger partial charge is 0.115 e. The number of hydrogen-bond donors (Lipinski definition) is 0. The lowest BCUT2D eigenvalue weighted by molar-refractivity contribution is -0.0117. The van der Waals surface area contributed by atoms with Crippen LogP contribution >= 0.6 is 11.6 Å². The number of nitrogens with zero attached hydrogens (tertiary/aromatic N) is 1. The van der Waals surface area contributed by atoms with Crippen molar-refractivity contribution in [2.45, 2.75) is 37.8 Å². The van der Waals surface area contributed by atoms with Crippen LogP contribution in [-0.2, 0) is 10.3 Å². The molecule has 0 amide bonds. The van der Waals surface area contributed by atoms with E-state index in [0.717, 1.165) is 0 Å². The van der Waals surface area contributed by atoms with Gasteiger partial charge in [0.05, 0.1) is 2.74 Å². The van der Waals surface area contributed by atoms with Gasteiger partial charge in [0.25, 0.3) is 0 Å². The average Bonchev–Trinajstić information content (AvgIpc) is 3.14. The van der Waals surface area contributed by atoms with Crippen molar-refractivity contribution in [2.75, 3.05) is 20.1 Å². The number of halogens is 1. The van der Waals surface area contributed by atoms with Gasteiger partial charge in [-0.2, -0.15) is 0 Å². The summed E-state index contributed by atoms with van der Waals surface area (Å²) in [6, 6.07) is 13.7. The quantitative estimate of drug-likeness (QED) is 0.717. The molecule has 0 radical (unpaired) electrons. The van der Waals surface area contributed by atoms with Gasteiger partial charge < -0.3 is 9.64 Å². The maximum atomic E-state index is 8.62. The predicted octanol–water partition coefficient (Wildman–Crippen LogP) is 5.10. The lowest BCUT2D eigenvalue weighted by Gasteiger charge is -2.32. The number of rotatable bonds is 6. The van der Waals surface area contributed by atoms with E-state index in [1.54, 1.807) is 30.3 Å². The summed E-state index contributed by atoms with van der Waals surface area (Å²) < 4.78 is 71.5. The molecule has 0 saturated carbocycles. The Morgan fingerprint density at radius 2 is 1.96 bits per heavy atom. The van der Waals surface area contributed by atoms with Crippen LogP contribution in [0.4, 0.5) is 0 Å². The van der Waals surface area contributed by atoms with Crippen molar-refractivity contribution in [1.29, 1.82) is 0 Å². The van der Waals surface area contributed by atoms with Gasteiger partial charge in [0.2, 0.25) is 0 Å². The summed E-state index contributed by atoms with van der Waals surface area (Å²) in [4.78, 5) is 1.29. The lowest BCUT2D eigenvalue weighted by Crippen LogP contribution is -2.31. The molecule has 3 rings (SSSR count). The van der Waals surface area contributed by atoms with Gasteiger partial charge in [0, 0.05) is 25.8 Å². The Morgan fingerprint density at radius 1 is 1.21 bits per heavy atom. The second-order valence-electron chi connectivity index (χ2n) is 5.99. The molecule has 0 spiro atoms. The molecule has 1 fully saturated rings. The van der Waals surface area contributed by atoms with Gasteiger partial charge in [-0.25, -0.2) is 0 Å². The topological polar surface area (TPSA) is 12.5 Å². The molecule has 1 aliphatic rings. The number of ether oxygens (including phenoxy) is 1. The van der Waals surface area contributed by atoms with E-state index in [1.165, 1.54) is 29.2 Å². The molecule has 0 unspecified atom stereocenters. The first kappa shape index (κ1) is 9.96. The van der Waals surface area contributed by atoms with Crippen LogP contribution in [0.15, 0.2) is 54.6 Å². The molecule has 0 aliphatic carbocycles. The van der Waals surface area contributed by atoms with E-state index < -0.39 is 32.0 Å². The maximum Gasteiger partial charge on any atom is 0.115 e. The molecule has 128 valence electrons. The minimum absolute atomic E-state index is 0.232. The minimum atomic E-state index is -2.78. The summed E-state index contributed by atoms with van der Waals surface area (Å²) in [5.74, 6) is 0. The summed E-state index contributed by atoms with van der Waals surface area (Å²) >= 11 is 6.01. The van der Waals surface area contributed by atoms with E-state index in [4.69, 9.17) is 27.3 Å². The van der Waals surface area contributed by atoms with Crippen molar-refractivity contribution < 1.29 is 15.7 Å². The van der Waals surface area contributed by atoms with Crippen LogP contribution in [-0.4, -0.2) is 31.0 Å². The van der Waals surface area contributed by atoms with Crippen LogP contribution < -0.4 is 0 Å². The van der Waals surface area contributed by atoms with E-state index in [1.807, 2.05) is 0 Å². The SMILES string of the molecule is [2H]C([2H])(C[C@H]1CCCN1C([2H])([2H])[2H])O[C@@](c1ccccc1)(c1ccc(Cl)cc1)C([2H])([2H])[2H]. The highest BCUT2D eigenvalue weighted by Crippen LogP contribution is 2.34. The van der Waals surface area contributed by atoms with Crippen molar-refractivity contribution >= 4 is 11.6 Å². The molecular weight excluding hydrogens is 318 g/mol. The largest absolute Gasteiger partial charge is 0.366 e. The van der Waals surface area contributed by atoms with Crippen molar-refractivity contribution in [3.63, 3.8) is 0 Å². The van der Waals surface area contributed by atoms with Gasteiger partial charge in [-0.05, 0) is 62.9 Å². The molecule has 1 aliphatic heterocycles. The van der Waals surface area contributed by atoms with E-state index in [2.05, 4.69) is 0 Å². The molecule has 2 aromatic carbocycles. The Kier molecular flexibility index (Phi) is 3.19. The molecule has 0 N–H and O–H groups in total. The van der Waals surface area contributed by atoms with Gasteiger partial charge in [-0.15, -0.1) is 0 Å². The van der Waals surface area contributed by atoms with E-state index in [0.29, 0.717) is 24.4 Å². The molecule has 24 heavy (non-hydrogen) atoms. The molecular formula is C21H26ClNO. The van der Waals surface area contributed by atoms with Crippen molar-refractivity contribution in [3.8, 4) is 0 Å².